The molecule has 0 aromatic heterocycles. The molecule has 3 atom stereocenters. The van der Waals surface area contributed by atoms with E-state index in [1.165, 1.54) is 25.3 Å². The summed E-state index contributed by atoms with van der Waals surface area (Å²) in [6.07, 6.45) is 4.25. The molecule has 1 saturated carbocycles. The first-order valence-electron chi connectivity index (χ1n) is 7.71. The Bertz CT molecular complexity index is 618. The van der Waals surface area contributed by atoms with Gasteiger partial charge in [-0.15, -0.1) is 0 Å². The number of nitrogens with one attached hydrogen (secondary N) is 1. The van der Waals surface area contributed by atoms with Crippen LogP contribution in [0.4, 0.5) is 14.5 Å². The molecule has 1 fully saturated rings. The lowest BCUT2D eigenvalue weighted by Gasteiger charge is -2.35. The summed E-state index contributed by atoms with van der Waals surface area (Å²) in [5.74, 6) is -2.20. The molecule has 2 aliphatic rings. The second-order valence-electron chi connectivity index (χ2n) is 6.42. The Morgan fingerprint density at radius 1 is 1.45 bits per heavy atom. The van der Waals surface area contributed by atoms with E-state index in [0.717, 1.165) is 18.2 Å². The van der Waals surface area contributed by atoms with Gasteiger partial charge in [-0.1, -0.05) is 25.3 Å². The van der Waals surface area contributed by atoms with E-state index in [2.05, 4.69) is 29.4 Å². The number of fused-ring (bicyclic) bond motifs is 3. The highest BCUT2D eigenvalue weighted by molar-refractivity contribution is 5.73. The molecule has 2 nitrogen and oxygen atoms in total. The molecule has 1 aliphatic heterocycles. The van der Waals surface area contributed by atoms with E-state index in [0.29, 0.717) is 17.7 Å². The minimum atomic E-state index is -2.79. The van der Waals surface area contributed by atoms with Crippen molar-refractivity contribution >= 4 is 11.4 Å². The van der Waals surface area contributed by atoms with Crippen molar-refractivity contribution in [2.45, 2.75) is 50.6 Å². The monoisotopic (exact) mass is 304 g/mol. The standard InChI is InChI=1S/C18H22F2N2/c1-5-22-16-9-8-14(16)15-7-6-13(10-17(15)22)11(2)21-12(3)18(4,19)20/h5-7,10,12,14,16,21H,1-2,8-9H2,3-4H3/t12-,14?,16+/m1/s1. The average Bonchev–Trinajstić information content (AvgIpc) is 2.63. The number of rotatable bonds is 5. The number of halogens is 2. The first-order valence-corrected chi connectivity index (χ1v) is 7.71. The van der Waals surface area contributed by atoms with E-state index in [-0.39, 0.29) is 0 Å². The second kappa shape index (κ2) is 5.11. The summed E-state index contributed by atoms with van der Waals surface area (Å²) in [6.45, 7) is 10.2. The van der Waals surface area contributed by atoms with Gasteiger partial charge < -0.3 is 10.2 Å². The fourth-order valence-electron chi connectivity index (χ4n) is 3.33. The molecule has 0 spiro atoms. The predicted molar refractivity (Wildman–Crippen MR) is 87.1 cm³/mol. The van der Waals surface area contributed by atoms with Gasteiger partial charge in [-0.2, -0.15) is 0 Å². The van der Waals surface area contributed by atoms with E-state index in [1.54, 1.807) is 0 Å². The molecule has 0 amide bonds. The maximum atomic E-state index is 13.3. The summed E-state index contributed by atoms with van der Waals surface area (Å²) in [5.41, 5.74) is 3.85. The molecule has 1 unspecified atom stereocenters. The molecule has 3 rings (SSSR count). The topological polar surface area (TPSA) is 15.3 Å². The van der Waals surface area contributed by atoms with Crippen LogP contribution in [0.25, 0.3) is 5.70 Å². The average molecular weight is 304 g/mol. The van der Waals surface area contributed by atoms with Crippen molar-refractivity contribution in [3.8, 4) is 0 Å². The summed E-state index contributed by atoms with van der Waals surface area (Å²) in [6, 6.07) is 5.66. The first kappa shape index (κ1) is 15.1. The third-order valence-electron chi connectivity index (χ3n) is 5.00. The molecule has 22 heavy (non-hydrogen) atoms. The molecular weight excluding hydrogens is 282 g/mol. The molecule has 1 heterocycles. The molecular formula is C18H22F2N2. The van der Waals surface area contributed by atoms with E-state index >= 15 is 0 Å². The molecule has 1 aromatic rings. The zero-order chi connectivity index (χ0) is 16.1. The number of hydrogen-bond donors (Lipinski definition) is 1. The fraction of sp³-hybridized carbons (Fsp3) is 0.444. The van der Waals surface area contributed by atoms with E-state index in [9.17, 15) is 8.78 Å². The zero-order valence-corrected chi connectivity index (χ0v) is 13.1. The maximum absolute atomic E-state index is 13.3. The molecule has 4 heteroatoms. The molecule has 0 radical (unpaired) electrons. The quantitative estimate of drug-likeness (QED) is 0.861. The Morgan fingerprint density at radius 2 is 2.18 bits per heavy atom. The van der Waals surface area contributed by atoms with Crippen LogP contribution in [0.3, 0.4) is 0 Å². The Balaban J connectivity index is 1.84. The summed E-state index contributed by atoms with van der Waals surface area (Å²) in [4.78, 5) is 2.21. The maximum Gasteiger partial charge on any atom is 0.264 e. The third-order valence-corrected chi connectivity index (χ3v) is 5.00. The summed E-state index contributed by atoms with van der Waals surface area (Å²) in [5, 5.41) is 2.81. The van der Waals surface area contributed by atoms with Gasteiger partial charge in [-0.05, 0) is 43.2 Å². The number of nitrogens with zero attached hydrogens (tertiary/aromatic N) is 1. The van der Waals surface area contributed by atoms with Crippen molar-refractivity contribution in [3.63, 3.8) is 0 Å². The van der Waals surface area contributed by atoms with Crippen LogP contribution < -0.4 is 10.2 Å². The van der Waals surface area contributed by atoms with Crippen molar-refractivity contribution in [2.75, 3.05) is 4.90 Å². The van der Waals surface area contributed by atoms with Gasteiger partial charge in [-0.3, -0.25) is 0 Å². The lowest BCUT2D eigenvalue weighted by Crippen LogP contribution is -2.39. The zero-order valence-electron chi connectivity index (χ0n) is 13.1. The molecule has 1 N–H and O–H groups in total. The van der Waals surface area contributed by atoms with Crippen LogP contribution in [0.15, 0.2) is 37.6 Å². The number of anilines is 1. The minimum Gasteiger partial charge on any atom is -0.377 e. The van der Waals surface area contributed by atoms with Crippen molar-refractivity contribution in [2.24, 2.45) is 0 Å². The van der Waals surface area contributed by atoms with Crippen LogP contribution in [0.2, 0.25) is 0 Å². The number of hydrogen-bond acceptors (Lipinski definition) is 2. The molecule has 1 aromatic carbocycles. The highest BCUT2D eigenvalue weighted by atomic mass is 19.3. The van der Waals surface area contributed by atoms with Gasteiger partial charge >= 0.3 is 0 Å². The Labute approximate surface area is 130 Å². The Hall–Kier alpha value is -1.84. The summed E-state index contributed by atoms with van der Waals surface area (Å²) in [7, 11) is 0. The van der Waals surface area contributed by atoms with Gasteiger partial charge in [0, 0.05) is 30.3 Å². The lowest BCUT2D eigenvalue weighted by atomic mass is 9.77. The van der Waals surface area contributed by atoms with E-state index < -0.39 is 12.0 Å². The van der Waals surface area contributed by atoms with Gasteiger partial charge in [0.05, 0.1) is 6.04 Å². The number of alkyl halides is 2. The summed E-state index contributed by atoms with van der Waals surface area (Å²) >= 11 is 0. The van der Waals surface area contributed by atoms with Gasteiger partial charge in [0.15, 0.2) is 0 Å². The number of benzene rings is 1. The van der Waals surface area contributed by atoms with Crippen LogP contribution in [-0.4, -0.2) is 18.0 Å². The highest BCUT2D eigenvalue weighted by Crippen LogP contribution is 2.52. The van der Waals surface area contributed by atoms with Crippen molar-refractivity contribution in [3.05, 3.63) is 48.7 Å². The SMILES string of the molecule is C=CN1c2cc(C(=C)N[C@H](C)C(C)(F)F)ccc2C2CC[C@@H]21. The molecule has 0 saturated heterocycles. The minimum absolute atomic E-state index is 0.517. The third kappa shape index (κ3) is 2.31. The van der Waals surface area contributed by atoms with Crippen molar-refractivity contribution in [1.82, 2.24) is 5.32 Å². The fourth-order valence-corrected chi connectivity index (χ4v) is 3.33. The Morgan fingerprint density at radius 3 is 2.73 bits per heavy atom. The van der Waals surface area contributed by atoms with Gasteiger partial charge in [0.1, 0.15) is 0 Å². The second-order valence-corrected chi connectivity index (χ2v) is 6.42. The molecule has 118 valence electrons. The van der Waals surface area contributed by atoms with Gasteiger partial charge in [0.25, 0.3) is 5.92 Å². The van der Waals surface area contributed by atoms with Gasteiger partial charge in [0.2, 0.25) is 0 Å². The Kier molecular flexibility index (Phi) is 3.50. The van der Waals surface area contributed by atoms with E-state index in [1.807, 2.05) is 18.3 Å². The molecule has 1 aliphatic carbocycles. The smallest absolute Gasteiger partial charge is 0.264 e. The largest absolute Gasteiger partial charge is 0.377 e. The van der Waals surface area contributed by atoms with Crippen LogP contribution in [0.1, 0.15) is 43.7 Å². The predicted octanol–water partition coefficient (Wildman–Crippen LogP) is 4.50. The van der Waals surface area contributed by atoms with Crippen LogP contribution >= 0.6 is 0 Å². The van der Waals surface area contributed by atoms with Crippen molar-refractivity contribution < 1.29 is 8.78 Å². The van der Waals surface area contributed by atoms with Gasteiger partial charge in [-0.25, -0.2) is 8.78 Å². The van der Waals surface area contributed by atoms with Crippen LogP contribution in [0, 0.1) is 0 Å². The van der Waals surface area contributed by atoms with E-state index in [4.69, 9.17) is 0 Å². The van der Waals surface area contributed by atoms with Crippen LogP contribution in [0.5, 0.6) is 0 Å². The molecule has 0 bridgehead atoms. The van der Waals surface area contributed by atoms with Crippen LogP contribution in [-0.2, 0) is 0 Å². The lowest BCUT2D eigenvalue weighted by molar-refractivity contribution is -0.00682. The first-order chi connectivity index (χ1) is 10.3. The highest BCUT2D eigenvalue weighted by Gasteiger charge is 2.43. The van der Waals surface area contributed by atoms with Crippen molar-refractivity contribution in [1.29, 1.82) is 0 Å². The normalized spacial score (nSPS) is 24.1. The summed E-state index contributed by atoms with van der Waals surface area (Å²) < 4.78 is 26.6.